The van der Waals surface area contributed by atoms with E-state index >= 15 is 0 Å². The number of alkyl halides is 3. The first-order valence-corrected chi connectivity index (χ1v) is 9.04. The van der Waals surface area contributed by atoms with E-state index in [0.717, 1.165) is 25.1 Å². The second kappa shape index (κ2) is 8.64. The quantitative estimate of drug-likeness (QED) is 0.551. The third-order valence-corrected chi connectivity index (χ3v) is 4.22. The van der Waals surface area contributed by atoms with E-state index in [-0.39, 0.29) is 27.6 Å². The molecule has 2 aromatic heterocycles. The molecule has 0 fully saturated rings. The molecule has 32 heavy (non-hydrogen) atoms. The van der Waals surface area contributed by atoms with Gasteiger partial charge in [0, 0.05) is 11.4 Å². The molecular weight excluding hydrogens is 455 g/mol. The highest BCUT2D eigenvalue weighted by molar-refractivity contribution is 6.30. The van der Waals surface area contributed by atoms with Crippen LogP contribution in [0.25, 0.3) is 0 Å². The molecule has 9 nitrogen and oxygen atoms in total. The summed E-state index contributed by atoms with van der Waals surface area (Å²) >= 11 is 5.82. The number of carbonyl (C=O) groups excluding carboxylic acids is 1. The minimum Gasteiger partial charge on any atom is -0.449 e. The normalized spacial score (nSPS) is 11.1. The fraction of sp³-hybridized carbons (Fsp3) is 0.158. The molecule has 13 heteroatoms. The molecule has 0 bridgehead atoms. The lowest BCUT2D eigenvalue weighted by atomic mass is 10.1. The average molecular weight is 466 g/mol. The highest BCUT2D eigenvalue weighted by Crippen LogP contribution is 2.35. The van der Waals surface area contributed by atoms with Crippen LogP contribution in [-0.2, 0) is 12.6 Å². The molecule has 3 rings (SSSR count). The number of Topliss-reactive ketones (excluding diaryl/α,β-unsaturated/α-hetero) is 1. The Balaban J connectivity index is 2.05. The number of nitriles is 1. The average Bonchev–Trinajstić information content (AvgIpc) is 2.69. The number of H-pyrrole nitrogens is 2. The van der Waals surface area contributed by atoms with E-state index in [9.17, 15) is 27.6 Å². The van der Waals surface area contributed by atoms with Crippen molar-refractivity contribution in [2.75, 3.05) is 0 Å². The van der Waals surface area contributed by atoms with E-state index in [1.807, 2.05) is 0 Å². The number of halogens is 4. The maximum atomic E-state index is 13.6. The van der Waals surface area contributed by atoms with Gasteiger partial charge >= 0.3 is 6.18 Å². The van der Waals surface area contributed by atoms with Crippen LogP contribution < -0.4 is 15.9 Å². The summed E-state index contributed by atoms with van der Waals surface area (Å²) < 4.78 is 45.9. The Morgan fingerprint density at radius 3 is 2.56 bits per heavy atom. The Hall–Kier alpha value is -3.98. The van der Waals surface area contributed by atoms with E-state index < -0.39 is 46.8 Å². The zero-order chi connectivity index (χ0) is 23.6. The summed E-state index contributed by atoms with van der Waals surface area (Å²) in [5, 5.41) is 14.7. The number of ether oxygens (including phenoxy) is 1. The zero-order valence-electron chi connectivity index (χ0n) is 16.0. The molecule has 0 aliphatic carbocycles. The number of nitrogens with zero attached hydrogens (tertiary/aromatic N) is 3. The van der Waals surface area contributed by atoms with E-state index in [0.29, 0.717) is 0 Å². The number of carbonyl (C=O) groups is 1. The van der Waals surface area contributed by atoms with Crippen LogP contribution in [0.4, 0.5) is 13.2 Å². The van der Waals surface area contributed by atoms with Gasteiger partial charge in [0.25, 0.3) is 11.1 Å². The second-order valence-electron chi connectivity index (χ2n) is 6.41. The summed E-state index contributed by atoms with van der Waals surface area (Å²) in [5.74, 6) is -2.43. The van der Waals surface area contributed by atoms with E-state index in [1.165, 1.54) is 6.07 Å². The molecule has 2 N–H and O–H groups in total. The molecule has 2 heterocycles. The van der Waals surface area contributed by atoms with Gasteiger partial charge in [0.2, 0.25) is 5.75 Å². The molecule has 0 aliphatic heterocycles. The predicted octanol–water partition coefficient (Wildman–Crippen LogP) is 2.98. The van der Waals surface area contributed by atoms with Crippen LogP contribution in [0, 0.1) is 11.3 Å². The third-order valence-electron chi connectivity index (χ3n) is 4.00. The van der Waals surface area contributed by atoms with Crippen LogP contribution >= 0.6 is 11.6 Å². The molecule has 0 radical (unpaired) electrons. The molecule has 0 saturated carbocycles. The number of benzene rings is 1. The molecule has 0 atom stereocenters. The van der Waals surface area contributed by atoms with Crippen molar-refractivity contribution < 1.29 is 22.7 Å². The van der Waals surface area contributed by atoms with Crippen molar-refractivity contribution in [2.24, 2.45) is 0 Å². The lowest BCUT2D eigenvalue weighted by Crippen LogP contribution is -2.23. The number of aromatic nitrogens is 4. The highest BCUT2D eigenvalue weighted by Gasteiger charge is 2.39. The highest BCUT2D eigenvalue weighted by atomic mass is 35.5. The Kier molecular flexibility index (Phi) is 6.13. The number of hydrogen-bond acceptors (Lipinski definition) is 7. The summed E-state index contributed by atoms with van der Waals surface area (Å²) in [6.07, 6.45) is -5.50. The molecule has 0 unspecified atom stereocenters. The summed E-state index contributed by atoms with van der Waals surface area (Å²) in [7, 11) is 0. The van der Waals surface area contributed by atoms with E-state index in [2.05, 4.69) is 20.2 Å². The van der Waals surface area contributed by atoms with Gasteiger partial charge in [0.1, 0.15) is 11.6 Å². The third kappa shape index (κ3) is 5.01. The smallest absolute Gasteiger partial charge is 0.437 e. The van der Waals surface area contributed by atoms with Crippen molar-refractivity contribution in [2.45, 2.75) is 19.5 Å². The molecular formula is C19H11ClF3N5O4. The molecule has 0 saturated heterocycles. The predicted molar refractivity (Wildman–Crippen MR) is 104 cm³/mol. The largest absolute Gasteiger partial charge is 0.449 e. The second-order valence-corrected chi connectivity index (χ2v) is 6.85. The van der Waals surface area contributed by atoms with Crippen molar-refractivity contribution in [3.63, 3.8) is 0 Å². The number of aromatic amines is 2. The summed E-state index contributed by atoms with van der Waals surface area (Å²) in [4.78, 5) is 41.1. The Morgan fingerprint density at radius 2 is 1.94 bits per heavy atom. The number of rotatable bonds is 5. The van der Waals surface area contributed by atoms with Crippen LogP contribution in [0.1, 0.15) is 40.1 Å². The first-order valence-electron chi connectivity index (χ1n) is 8.66. The molecule has 1 aromatic carbocycles. The van der Waals surface area contributed by atoms with Crippen molar-refractivity contribution in [3.8, 4) is 17.6 Å². The van der Waals surface area contributed by atoms with Crippen molar-refractivity contribution in [3.05, 3.63) is 78.3 Å². The van der Waals surface area contributed by atoms with E-state index in [1.54, 1.807) is 6.07 Å². The first kappa shape index (κ1) is 22.7. The fourth-order valence-corrected chi connectivity index (χ4v) is 2.88. The maximum absolute atomic E-state index is 13.6. The lowest BCUT2D eigenvalue weighted by molar-refractivity contribution is -0.142. The Bertz CT molecular complexity index is 1380. The van der Waals surface area contributed by atoms with Crippen LogP contribution in [0.2, 0.25) is 5.02 Å². The van der Waals surface area contributed by atoms with Gasteiger partial charge in [-0.15, -0.1) is 0 Å². The number of ketones is 1. The first-order chi connectivity index (χ1) is 15.0. The summed E-state index contributed by atoms with van der Waals surface area (Å²) in [6.45, 7) is 1.13. The fourth-order valence-electron chi connectivity index (χ4n) is 2.65. The molecule has 0 amide bonds. The van der Waals surface area contributed by atoms with Gasteiger partial charge in [-0.2, -0.15) is 23.5 Å². The van der Waals surface area contributed by atoms with Gasteiger partial charge in [0.05, 0.1) is 22.9 Å². The van der Waals surface area contributed by atoms with Crippen molar-refractivity contribution in [1.29, 1.82) is 5.26 Å². The van der Waals surface area contributed by atoms with Gasteiger partial charge < -0.3 is 9.72 Å². The Labute approximate surface area is 181 Å². The lowest BCUT2D eigenvalue weighted by Gasteiger charge is -2.14. The number of hydrogen-bond donors (Lipinski definition) is 2. The molecule has 3 aromatic rings. The molecule has 0 aliphatic rings. The minimum atomic E-state index is -5.07. The molecule has 0 spiro atoms. The number of nitrogens with one attached hydrogen (secondary N) is 2. The van der Waals surface area contributed by atoms with Crippen molar-refractivity contribution in [1.82, 2.24) is 20.2 Å². The van der Waals surface area contributed by atoms with Crippen LogP contribution in [0.15, 0.2) is 33.9 Å². The maximum Gasteiger partial charge on any atom is 0.437 e. The summed E-state index contributed by atoms with van der Waals surface area (Å²) in [5.41, 5.74) is -3.88. The van der Waals surface area contributed by atoms with E-state index in [4.69, 9.17) is 21.6 Å². The van der Waals surface area contributed by atoms with Gasteiger partial charge in [-0.05, 0) is 31.2 Å². The SMILES string of the molecule is CC(=O)c1cc(Cc2nc(C(F)(F)F)c(Oc3cc(Cl)cc(C#N)c3)c(=O)[nH]2)n[nH]c1=O. The zero-order valence-corrected chi connectivity index (χ0v) is 16.8. The van der Waals surface area contributed by atoms with Crippen LogP contribution in [0.5, 0.6) is 11.5 Å². The van der Waals surface area contributed by atoms with Crippen LogP contribution in [0.3, 0.4) is 0 Å². The minimum absolute atomic E-state index is 0.00625. The van der Waals surface area contributed by atoms with Gasteiger partial charge in [-0.1, -0.05) is 11.6 Å². The van der Waals surface area contributed by atoms with Gasteiger partial charge in [0.15, 0.2) is 11.5 Å². The monoisotopic (exact) mass is 465 g/mol. The standard InChI is InChI=1S/C19H11ClF3N5O4/c1-8(29)13-5-11(27-28-17(13)30)6-14-25-16(19(21,22)23)15(18(31)26-14)32-12-3-9(7-24)2-10(20)4-12/h2-5H,6H2,1H3,(H,28,30)(H,25,26,31). The Morgan fingerprint density at radius 1 is 1.22 bits per heavy atom. The summed E-state index contributed by atoms with van der Waals surface area (Å²) in [6, 6.07) is 6.35. The van der Waals surface area contributed by atoms with Gasteiger partial charge in [-0.25, -0.2) is 10.1 Å². The van der Waals surface area contributed by atoms with Crippen molar-refractivity contribution >= 4 is 17.4 Å². The topological polar surface area (TPSA) is 142 Å². The van der Waals surface area contributed by atoms with Gasteiger partial charge in [-0.3, -0.25) is 14.4 Å². The molecule has 164 valence electrons. The van der Waals surface area contributed by atoms with Crippen LogP contribution in [-0.4, -0.2) is 25.9 Å².